The Bertz CT molecular complexity index is 192. The molecule has 0 aliphatic carbocycles. The second kappa shape index (κ2) is 8.50. The Morgan fingerprint density at radius 2 is 2.06 bits per heavy atom. The molecule has 1 fully saturated rings. The molecule has 0 radical (unpaired) electrons. The van der Waals surface area contributed by atoms with E-state index in [0.29, 0.717) is 25.9 Å². The van der Waals surface area contributed by atoms with E-state index < -0.39 is 0 Å². The Labute approximate surface area is 96.4 Å². The first-order valence-electron chi connectivity index (χ1n) is 5.88. The SMILES string of the molecule is CCOC(=O)COCCOC1CCNCC1. The molecule has 1 aliphatic heterocycles. The fourth-order valence-corrected chi connectivity index (χ4v) is 1.59. The molecule has 1 saturated heterocycles. The number of piperidine rings is 1. The number of ether oxygens (including phenoxy) is 3. The van der Waals surface area contributed by atoms with Crippen LogP contribution in [0.4, 0.5) is 0 Å². The number of nitrogens with one attached hydrogen (secondary N) is 1. The molecule has 0 unspecified atom stereocenters. The fourth-order valence-electron chi connectivity index (χ4n) is 1.59. The van der Waals surface area contributed by atoms with Crippen molar-refractivity contribution in [3.05, 3.63) is 0 Å². The highest BCUT2D eigenvalue weighted by atomic mass is 16.6. The molecule has 16 heavy (non-hydrogen) atoms. The molecule has 0 atom stereocenters. The molecule has 1 aliphatic rings. The van der Waals surface area contributed by atoms with Crippen molar-refractivity contribution in [2.24, 2.45) is 0 Å². The molecule has 0 aromatic rings. The molecular weight excluding hydrogens is 210 g/mol. The van der Waals surface area contributed by atoms with Crippen LogP contribution in [0.5, 0.6) is 0 Å². The van der Waals surface area contributed by atoms with E-state index in [-0.39, 0.29) is 12.6 Å². The van der Waals surface area contributed by atoms with Gasteiger partial charge in [0, 0.05) is 0 Å². The number of hydrogen-bond acceptors (Lipinski definition) is 5. The van der Waals surface area contributed by atoms with Crippen molar-refractivity contribution in [2.45, 2.75) is 25.9 Å². The van der Waals surface area contributed by atoms with Crippen molar-refractivity contribution < 1.29 is 19.0 Å². The van der Waals surface area contributed by atoms with Crippen molar-refractivity contribution in [3.63, 3.8) is 0 Å². The molecule has 0 amide bonds. The van der Waals surface area contributed by atoms with Crippen LogP contribution < -0.4 is 5.32 Å². The van der Waals surface area contributed by atoms with Gasteiger partial charge in [-0.1, -0.05) is 0 Å². The summed E-state index contributed by atoms with van der Waals surface area (Å²) in [5.74, 6) is -0.315. The highest BCUT2D eigenvalue weighted by molar-refractivity contribution is 5.70. The molecule has 0 bridgehead atoms. The van der Waals surface area contributed by atoms with Crippen LogP contribution in [-0.2, 0) is 19.0 Å². The maximum Gasteiger partial charge on any atom is 0.332 e. The highest BCUT2D eigenvalue weighted by Gasteiger charge is 2.12. The van der Waals surface area contributed by atoms with Crippen LogP contribution in [0.25, 0.3) is 0 Å². The minimum Gasteiger partial charge on any atom is -0.464 e. The number of carbonyl (C=O) groups is 1. The largest absolute Gasteiger partial charge is 0.464 e. The summed E-state index contributed by atoms with van der Waals surface area (Å²) in [4.78, 5) is 10.9. The minimum atomic E-state index is -0.315. The number of rotatable bonds is 7. The summed E-state index contributed by atoms with van der Waals surface area (Å²) in [5, 5.41) is 3.27. The van der Waals surface area contributed by atoms with Crippen LogP contribution in [0.1, 0.15) is 19.8 Å². The van der Waals surface area contributed by atoms with Gasteiger partial charge >= 0.3 is 5.97 Å². The van der Waals surface area contributed by atoms with Gasteiger partial charge in [-0.2, -0.15) is 0 Å². The van der Waals surface area contributed by atoms with Gasteiger partial charge in [0.05, 0.1) is 25.9 Å². The monoisotopic (exact) mass is 231 g/mol. The van der Waals surface area contributed by atoms with Gasteiger partial charge in [-0.3, -0.25) is 0 Å². The van der Waals surface area contributed by atoms with E-state index in [0.717, 1.165) is 25.9 Å². The van der Waals surface area contributed by atoms with Crippen LogP contribution >= 0.6 is 0 Å². The molecule has 1 rings (SSSR count). The Hall–Kier alpha value is -0.650. The van der Waals surface area contributed by atoms with Gasteiger partial charge in [-0.15, -0.1) is 0 Å². The van der Waals surface area contributed by atoms with E-state index in [1.807, 2.05) is 0 Å². The lowest BCUT2D eigenvalue weighted by molar-refractivity contribution is -0.149. The van der Waals surface area contributed by atoms with Crippen LogP contribution in [0.2, 0.25) is 0 Å². The maximum absolute atomic E-state index is 10.9. The third-order valence-electron chi connectivity index (χ3n) is 2.39. The van der Waals surface area contributed by atoms with Gasteiger partial charge in [0.1, 0.15) is 6.61 Å². The van der Waals surface area contributed by atoms with Gasteiger partial charge in [0.2, 0.25) is 0 Å². The predicted octanol–water partition coefficient (Wildman–Crippen LogP) is 0.335. The Morgan fingerprint density at radius 3 is 2.75 bits per heavy atom. The second-order valence-electron chi connectivity index (χ2n) is 3.68. The Balaban J connectivity index is 1.89. The van der Waals surface area contributed by atoms with Crippen LogP contribution in [0.15, 0.2) is 0 Å². The quantitative estimate of drug-likeness (QED) is 0.505. The van der Waals surface area contributed by atoms with E-state index in [4.69, 9.17) is 14.2 Å². The molecule has 0 aromatic heterocycles. The lowest BCUT2D eigenvalue weighted by atomic mass is 10.1. The first-order valence-corrected chi connectivity index (χ1v) is 5.88. The predicted molar refractivity (Wildman–Crippen MR) is 59.3 cm³/mol. The topological polar surface area (TPSA) is 56.8 Å². The molecule has 0 aromatic carbocycles. The molecular formula is C11H21NO4. The third-order valence-corrected chi connectivity index (χ3v) is 2.39. The fraction of sp³-hybridized carbons (Fsp3) is 0.909. The summed E-state index contributed by atoms with van der Waals surface area (Å²) in [5.41, 5.74) is 0. The lowest BCUT2D eigenvalue weighted by Gasteiger charge is -2.22. The molecule has 1 N–H and O–H groups in total. The highest BCUT2D eigenvalue weighted by Crippen LogP contribution is 2.06. The summed E-state index contributed by atoms with van der Waals surface area (Å²) < 4.78 is 15.5. The summed E-state index contributed by atoms with van der Waals surface area (Å²) in [6.45, 7) is 5.23. The van der Waals surface area contributed by atoms with Gasteiger partial charge in [-0.25, -0.2) is 4.79 Å². The van der Waals surface area contributed by atoms with E-state index in [1.54, 1.807) is 6.92 Å². The molecule has 5 heteroatoms. The Morgan fingerprint density at radius 1 is 1.31 bits per heavy atom. The van der Waals surface area contributed by atoms with Crippen molar-refractivity contribution in [1.29, 1.82) is 0 Å². The average molecular weight is 231 g/mol. The summed E-state index contributed by atoms with van der Waals surface area (Å²) >= 11 is 0. The zero-order chi connectivity index (χ0) is 11.6. The van der Waals surface area contributed by atoms with Gasteiger partial charge in [0.15, 0.2) is 0 Å². The average Bonchev–Trinajstić information content (AvgIpc) is 2.30. The van der Waals surface area contributed by atoms with E-state index >= 15 is 0 Å². The van der Waals surface area contributed by atoms with E-state index in [9.17, 15) is 4.79 Å². The molecule has 5 nitrogen and oxygen atoms in total. The molecule has 1 heterocycles. The maximum atomic E-state index is 10.9. The second-order valence-corrected chi connectivity index (χ2v) is 3.68. The lowest BCUT2D eigenvalue weighted by Crippen LogP contribution is -2.33. The van der Waals surface area contributed by atoms with Crippen molar-refractivity contribution in [1.82, 2.24) is 5.32 Å². The van der Waals surface area contributed by atoms with Gasteiger partial charge < -0.3 is 19.5 Å². The first kappa shape index (κ1) is 13.4. The van der Waals surface area contributed by atoms with Gasteiger partial charge in [0.25, 0.3) is 0 Å². The van der Waals surface area contributed by atoms with Crippen molar-refractivity contribution >= 4 is 5.97 Å². The first-order chi connectivity index (χ1) is 7.83. The molecule has 94 valence electrons. The summed E-state index contributed by atoms with van der Waals surface area (Å²) in [6.07, 6.45) is 2.45. The van der Waals surface area contributed by atoms with Crippen LogP contribution in [0, 0.1) is 0 Å². The number of esters is 1. The number of carbonyl (C=O) groups excluding carboxylic acids is 1. The number of hydrogen-bond donors (Lipinski definition) is 1. The zero-order valence-corrected chi connectivity index (χ0v) is 9.87. The Kier molecular flexibility index (Phi) is 7.12. The zero-order valence-electron chi connectivity index (χ0n) is 9.87. The van der Waals surface area contributed by atoms with Crippen molar-refractivity contribution in [2.75, 3.05) is 39.5 Å². The minimum absolute atomic E-state index is 0.0173. The van der Waals surface area contributed by atoms with E-state index in [2.05, 4.69) is 5.32 Å². The van der Waals surface area contributed by atoms with Crippen LogP contribution in [-0.4, -0.2) is 51.6 Å². The van der Waals surface area contributed by atoms with Crippen LogP contribution in [0.3, 0.4) is 0 Å². The van der Waals surface area contributed by atoms with E-state index in [1.165, 1.54) is 0 Å². The normalized spacial score (nSPS) is 17.3. The standard InChI is InChI=1S/C11H21NO4/c1-2-15-11(13)9-14-7-8-16-10-3-5-12-6-4-10/h10,12H,2-9H2,1H3. The summed E-state index contributed by atoms with van der Waals surface area (Å²) in [6, 6.07) is 0. The third kappa shape index (κ3) is 6.05. The smallest absolute Gasteiger partial charge is 0.332 e. The molecule has 0 spiro atoms. The summed E-state index contributed by atoms with van der Waals surface area (Å²) in [7, 11) is 0. The van der Waals surface area contributed by atoms with Gasteiger partial charge in [-0.05, 0) is 32.9 Å². The molecule has 0 saturated carbocycles. The van der Waals surface area contributed by atoms with Crippen molar-refractivity contribution in [3.8, 4) is 0 Å².